The van der Waals surface area contributed by atoms with Gasteiger partial charge in [0, 0.05) is 6.42 Å². The van der Waals surface area contributed by atoms with Gasteiger partial charge in [-0.3, -0.25) is 4.79 Å². The highest BCUT2D eigenvalue weighted by atomic mass is 16.3. The summed E-state index contributed by atoms with van der Waals surface area (Å²) in [5.41, 5.74) is 7.34. The number of rotatable bonds is 0. The van der Waals surface area contributed by atoms with Gasteiger partial charge in [-0.2, -0.15) is 0 Å². The van der Waals surface area contributed by atoms with Gasteiger partial charge >= 0.3 is 0 Å². The highest BCUT2D eigenvalue weighted by molar-refractivity contribution is 5.93. The molecule has 0 spiro atoms. The summed E-state index contributed by atoms with van der Waals surface area (Å²) in [6.45, 7) is 12.2. The first-order chi connectivity index (χ1) is 15.8. The summed E-state index contributed by atoms with van der Waals surface area (Å²) >= 11 is 0. The zero-order chi connectivity index (χ0) is 24.6. The molecule has 1 aromatic rings. The first kappa shape index (κ1) is 27.1. The van der Waals surface area contributed by atoms with Gasteiger partial charge in [0.05, 0.1) is 6.10 Å². The molecule has 0 saturated heterocycles. The maximum Gasteiger partial charge on any atom is 0.156 e. The number of aryl methyl sites for hydroxylation is 2. The molecule has 0 amide bonds. The number of allylic oxidation sites excluding steroid dienone is 4. The fourth-order valence-corrected chi connectivity index (χ4v) is 6.14. The number of carbonyl (C=O) groups is 1. The Morgan fingerprint density at radius 1 is 0.970 bits per heavy atom. The smallest absolute Gasteiger partial charge is 0.156 e. The molecule has 2 heteroatoms. The van der Waals surface area contributed by atoms with Gasteiger partial charge in [0.15, 0.2) is 5.78 Å². The van der Waals surface area contributed by atoms with Crippen molar-refractivity contribution < 1.29 is 9.90 Å². The molecular weight excluding hydrogens is 404 g/mol. The lowest BCUT2D eigenvalue weighted by molar-refractivity contribution is -0.114. The van der Waals surface area contributed by atoms with E-state index in [4.69, 9.17) is 0 Å². The summed E-state index contributed by atoms with van der Waals surface area (Å²) in [5, 5.41) is 10.4. The lowest BCUT2D eigenvalue weighted by Crippen LogP contribution is -2.42. The van der Waals surface area contributed by atoms with Gasteiger partial charge < -0.3 is 5.11 Å². The van der Waals surface area contributed by atoms with Crippen LogP contribution in [-0.2, 0) is 4.79 Å². The summed E-state index contributed by atoms with van der Waals surface area (Å²) in [6.07, 6.45) is 14.8. The standard InChI is InChI=1S/C18H24O2.C8H10.C3H4.C2H6/c1-18-9-8-14-13-5-3-12(19)10-11(13)2-4-15(14)16(18)6-7-17(18)20;1-7-3-5-8(2)6-4-7;1-3-2;1-2/h10,15-17,20H,2-9H2,1H3;3-6H,1-2H3;1H,2H3;1-2H3. The van der Waals surface area contributed by atoms with Crippen LogP contribution in [-0.4, -0.2) is 17.0 Å². The van der Waals surface area contributed by atoms with E-state index < -0.39 is 0 Å². The van der Waals surface area contributed by atoms with Gasteiger partial charge in [0.25, 0.3) is 0 Å². The summed E-state index contributed by atoms with van der Waals surface area (Å²) in [5.74, 6) is 3.93. The van der Waals surface area contributed by atoms with Crippen molar-refractivity contribution in [1.82, 2.24) is 0 Å². The minimum Gasteiger partial charge on any atom is -0.393 e. The predicted molar refractivity (Wildman–Crippen MR) is 140 cm³/mol. The molecule has 33 heavy (non-hydrogen) atoms. The first-order valence-corrected chi connectivity index (χ1v) is 12.8. The van der Waals surface area contributed by atoms with Gasteiger partial charge in [0.2, 0.25) is 0 Å². The zero-order valence-corrected chi connectivity index (χ0v) is 21.7. The minimum atomic E-state index is -0.0936. The van der Waals surface area contributed by atoms with Crippen LogP contribution >= 0.6 is 0 Å². The molecule has 2 nitrogen and oxygen atoms in total. The van der Waals surface area contributed by atoms with Crippen molar-refractivity contribution in [3.63, 3.8) is 0 Å². The number of hydrogen-bond donors (Lipinski definition) is 1. The second-order valence-corrected chi connectivity index (χ2v) is 9.93. The number of ketones is 1. The van der Waals surface area contributed by atoms with E-state index in [0.29, 0.717) is 24.0 Å². The maximum absolute atomic E-state index is 11.6. The highest BCUT2D eigenvalue weighted by Crippen LogP contribution is 2.59. The molecule has 1 N–H and O–H groups in total. The van der Waals surface area contributed by atoms with E-state index in [1.54, 1.807) is 12.5 Å². The Hall–Kier alpha value is -2.11. The molecular formula is C31H44O2. The Labute approximate surface area is 202 Å². The van der Waals surface area contributed by atoms with Crippen molar-refractivity contribution in [2.45, 2.75) is 99.0 Å². The van der Waals surface area contributed by atoms with Crippen molar-refractivity contribution in [1.29, 1.82) is 0 Å². The fourth-order valence-electron chi connectivity index (χ4n) is 6.14. The van der Waals surface area contributed by atoms with E-state index in [9.17, 15) is 9.90 Å². The molecule has 4 aliphatic carbocycles. The third kappa shape index (κ3) is 6.27. The molecule has 0 aliphatic heterocycles. The Kier molecular flexibility index (Phi) is 10.2. The normalized spacial score (nSPS) is 29.2. The first-order valence-electron chi connectivity index (χ1n) is 12.8. The number of carbonyl (C=O) groups excluding carboxylic acids is 1. The Morgan fingerprint density at radius 3 is 2.12 bits per heavy atom. The third-order valence-electron chi connectivity index (χ3n) is 7.90. The molecule has 0 radical (unpaired) electrons. The molecule has 0 aromatic heterocycles. The molecule has 2 saturated carbocycles. The van der Waals surface area contributed by atoms with Crippen LogP contribution in [0.4, 0.5) is 0 Å². The number of benzene rings is 1. The average molecular weight is 449 g/mol. The second-order valence-electron chi connectivity index (χ2n) is 9.93. The Bertz CT molecular complexity index is 875. The summed E-state index contributed by atoms with van der Waals surface area (Å²) < 4.78 is 0. The molecule has 4 atom stereocenters. The van der Waals surface area contributed by atoms with E-state index in [1.807, 2.05) is 19.9 Å². The summed E-state index contributed by atoms with van der Waals surface area (Å²) in [7, 11) is 0. The van der Waals surface area contributed by atoms with Crippen LogP contribution in [0, 0.1) is 43.4 Å². The van der Waals surface area contributed by atoms with Crippen molar-refractivity contribution in [2.24, 2.45) is 17.3 Å². The molecule has 0 bridgehead atoms. The Balaban J connectivity index is 0.000000248. The number of terminal acetylenes is 1. The van der Waals surface area contributed by atoms with Crippen molar-refractivity contribution in [3.8, 4) is 12.3 Å². The molecule has 0 heterocycles. The van der Waals surface area contributed by atoms with Gasteiger partial charge in [0.1, 0.15) is 0 Å². The van der Waals surface area contributed by atoms with Crippen LogP contribution in [0.1, 0.15) is 90.2 Å². The van der Waals surface area contributed by atoms with E-state index in [2.05, 4.69) is 57.4 Å². The van der Waals surface area contributed by atoms with Gasteiger partial charge in [-0.1, -0.05) is 61.7 Å². The van der Waals surface area contributed by atoms with Gasteiger partial charge in [-0.15, -0.1) is 12.3 Å². The number of aliphatic hydroxyl groups is 1. The molecule has 1 aromatic carbocycles. The topological polar surface area (TPSA) is 37.3 Å². The van der Waals surface area contributed by atoms with E-state index in [-0.39, 0.29) is 11.5 Å². The zero-order valence-electron chi connectivity index (χ0n) is 21.7. The molecule has 4 aliphatic rings. The van der Waals surface area contributed by atoms with Crippen LogP contribution in [0.15, 0.2) is 47.1 Å². The number of fused-ring (bicyclic) bond motifs is 4. The largest absolute Gasteiger partial charge is 0.393 e. The van der Waals surface area contributed by atoms with Crippen LogP contribution in [0.3, 0.4) is 0 Å². The quantitative estimate of drug-likeness (QED) is 0.417. The number of aliphatic hydroxyl groups excluding tert-OH is 1. The monoisotopic (exact) mass is 448 g/mol. The van der Waals surface area contributed by atoms with E-state index >= 15 is 0 Å². The second kappa shape index (κ2) is 12.4. The average Bonchev–Trinajstić information content (AvgIpc) is 3.12. The van der Waals surface area contributed by atoms with Crippen LogP contribution in [0.2, 0.25) is 0 Å². The lowest BCUT2D eigenvalue weighted by Gasteiger charge is -2.48. The summed E-state index contributed by atoms with van der Waals surface area (Å²) in [6, 6.07) is 8.48. The molecule has 4 unspecified atom stereocenters. The van der Waals surface area contributed by atoms with Gasteiger partial charge in [-0.25, -0.2) is 0 Å². The minimum absolute atomic E-state index is 0.0936. The highest BCUT2D eigenvalue weighted by Gasteiger charge is 2.53. The van der Waals surface area contributed by atoms with Crippen LogP contribution in [0.5, 0.6) is 0 Å². The number of hydrogen-bond acceptors (Lipinski definition) is 2. The lowest BCUT2D eigenvalue weighted by atomic mass is 9.57. The fraction of sp³-hybridized carbons (Fsp3) is 0.581. The van der Waals surface area contributed by atoms with Gasteiger partial charge in [-0.05, 0) is 100 Å². The SMILES string of the molecule is C#CC.CC.CC12CCC3=C4CCC(=O)C=C4CCC3C1CCC2O.Cc1ccc(C)cc1. The van der Waals surface area contributed by atoms with Crippen LogP contribution < -0.4 is 0 Å². The van der Waals surface area contributed by atoms with Crippen molar-refractivity contribution in [3.05, 3.63) is 58.2 Å². The van der Waals surface area contributed by atoms with Crippen molar-refractivity contribution >= 4 is 5.78 Å². The predicted octanol–water partition coefficient (Wildman–Crippen LogP) is 7.52. The maximum atomic E-state index is 11.6. The molecule has 2 fully saturated rings. The molecule has 5 rings (SSSR count). The van der Waals surface area contributed by atoms with E-state index in [0.717, 1.165) is 32.1 Å². The molecule has 180 valence electrons. The van der Waals surface area contributed by atoms with Crippen molar-refractivity contribution in [2.75, 3.05) is 0 Å². The van der Waals surface area contributed by atoms with E-state index in [1.165, 1.54) is 35.1 Å². The third-order valence-corrected chi connectivity index (χ3v) is 7.90. The van der Waals surface area contributed by atoms with Crippen LogP contribution in [0.25, 0.3) is 0 Å². The summed E-state index contributed by atoms with van der Waals surface area (Å²) in [4.78, 5) is 11.6. The Morgan fingerprint density at radius 2 is 1.55 bits per heavy atom.